The van der Waals surface area contributed by atoms with Crippen LogP contribution >= 0.6 is 15.9 Å². The number of aliphatic hydroxyl groups is 1. The van der Waals surface area contributed by atoms with Crippen molar-refractivity contribution in [3.63, 3.8) is 0 Å². The summed E-state index contributed by atoms with van der Waals surface area (Å²) in [7, 11) is 0. The van der Waals surface area contributed by atoms with Crippen molar-refractivity contribution in [2.45, 2.75) is 37.8 Å². The smallest absolute Gasteiger partial charge is 0.0558 e. The molecule has 0 bridgehead atoms. The molecule has 0 aromatic heterocycles. The fourth-order valence-corrected chi connectivity index (χ4v) is 3.36. The van der Waals surface area contributed by atoms with Crippen LogP contribution in [0, 0.1) is 0 Å². The predicted octanol–water partition coefficient (Wildman–Crippen LogP) is 2.69. The first-order valence-corrected chi connectivity index (χ1v) is 7.87. The van der Waals surface area contributed by atoms with Crippen molar-refractivity contribution in [2.75, 3.05) is 19.7 Å². The number of halogens is 1. The Kier molecular flexibility index (Phi) is 5.82. The molecule has 1 atom stereocenters. The number of hydrogen-bond donors (Lipinski definition) is 2. The van der Waals surface area contributed by atoms with Gasteiger partial charge in [-0.3, -0.25) is 4.90 Å². The van der Waals surface area contributed by atoms with Crippen molar-refractivity contribution in [1.82, 2.24) is 4.90 Å². The third-order valence-electron chi connectivity index (χ3n) is 4.03. The van der Waals surface area contributed by atoms with E-state index in [1.165, 1.54) is 31.2 Å². The van der Waals surface area contributed by atoms with Gasteiger partial charge in [0.1, 0.15) is 0 Å². The monoisotopic (exact) mass is 326 g/mol. The lowest BCUT2D eigenvalue weighted by molar-refractivity contribution is 0.107. The number of nitrogens with zero attached hydrogens (tertiary/aromatic N) is 1. The fourth-order valence-electron chi connectivity index (χ4n) is 3.09. The van der Waals surface area contributed by atoms with Crippen molar-refractivity contribution in [3.8, 4) is 0 Å². The van der Waals surface area contributed by atoms with E-state index < -0.39 is 0 Å². The number of rotatable bonds is 6. The fraction of sp³-hybridized carbons (Fsp3) is 0.600. The molecule has 106 valence electrons. The van der Waals surface area contributed by atoms with Crippen LogP contribution in [0.4, 0.5) is 0 Å². The Morgan fingerprint density at radius 3 is 2.42 bits per heavy atom. The molecule has 1 aromatic rings. The molecule has 0 saturated heterocycles. The number of hydrogen-bond acceptors (Lipinski definition) is 3. The molecule has 1 unspecified atom stereocenters. The van der Waals surface area contributed by atoms with Crippen molar-refractivity contribution in [3.05, 3.63) is 34.3 Å². The highest BCUT2D eigenvalue weighted by Gasteiger charge is 2.28. The average Bonchev–Trinajstić information content (AvgIpc) is 2.94. The quantitative estimate of drug-likeness (QED) is 0.845. The first kappa shape index (κ1) is 15.0. The summed E-state index contributed by atoms with van der Waals surface area (Å²) in [5.74, 6) is 0. The molecule has 0 aliphatic heterocycles. The van der Waals surface area contributed by atoms with Crippen LogP contribution in [0.1, 0.15) is 37.3 Å². The molecular weight excluding hydrogens is 304 g/mol. The van der Waals surface area contributed by atoms with E-state index >= 15 is 0 Å². The second-order valence-electron chi connectivity index (χ2n) is 5.20. The van der Waals surface area contributed by atoms with Gasteiger partial charge in [0.05, 0.1) is 6.61 Å². The van der Waals surface area contributed by atoms with E-state index in [4.69, 9.17) is 5.73 Å². The van der Waals surface area contributed by atoms with Crippen molar-refractivity contribution < 1.29 is 5.11 Å². The normalized spacial score (nSPS) is 18.1. The average molecular weight is 327 g/mol. The third kappa shape index (κ3) is 3.78. The van der Waals surface area contributed by atoms with Gasteiger partial charge >= 0.3 is 0 Å². The molecule has 0 heterocycles. The van der Waals surface area contributed by atoms with Gasteiger partial charge in [0.25, 0.3) is 0 Å². The van der Waals surface area contributed by atoms with Gasteiger partial charge in [0.15, 0.2) is 0 Å². The van der Waals surface area contributed by atoms with E-state index in [2.05, 4.69) is 45.1 Å². The molecule has 4 heteroatoms. The third-order valence-corrected chi connectivity index (χ3v) is 4.56. The Balaban J connectivity index is 2.18. The van der Waals surface area contributed by atoms with Crippen LogP contribution in [0.3, 0.4) is 0 Å². The first-order valence-electron chi connectivity index (χ1n) is 7.08. The van der Waals surface area contributed by atoms with E-state index in [1.54, 1.807) is 0 Å². The maximum atomic E-state index is 9.34. The molecule has 1 aromatic carbocycles. The van der Waals surface area contributed by atoms with E-state index in [0.29, 0.717) is 19.1 Å². The zero-order valence-electron chi connectivity index (χ0n) is 11.3. The second kappa shape index (κ2) is 7.39. The summed E-state index contributed by atoms with van der Waals surface area (Å²) in [4.78, 5) is 2.40. The Morgan fingerprint density at radius 2 is 1.89 bits per heavy atom. The molecule has 2 rings (SSSR count). The van der Waals surface area contributed by atoms with Gasteiger partial charge in [-0.2, -0.15) is 0 Å². The van der Waals surface area contributed by atoms with Crippen molar-refractivity contribution in [2.24, 2.45) is 5.73 Å². The SMILES string of the molecule is NCC(c1ccc(Br)cc1)N(CCO)C1CCCC1. The van der Waals surface area contributed by atoms with Gasteiger partial charge in [-0.1, -0.05) is 40.9 Å². The number of benzene rings is 1. The van der Waals surface area contributed by atoms with E-state index in [-0.39, 0.29) is 12.6 Å². The first-order chi connectivity index (χ1) is 9.26. The van der Waals surface area contributed by atoms with E-state index in [0.717, 1.165) is 4.47 Å². The molecule has 0 amide bonds. The molecule has 3 N–H and O–H groups in total. The minimum atomic E-state index is 0.198. The maximum absolute atomic E-state index is 9.34. The minimum Gasteiger partial charge on any atom is -0.395 e. The van der Waals surface area contributed by atoms with Crippen LogP contribution in [0.2, 0.25) is 0 Å². The Morgan fingerprint density at radius 1 is 1.26 bits per heavy atom. The van der Waals surface area contributed by atoms with E-state index in [1.807, 2.05) is 0 Å². The van der Waals surface area contributed by atoms with Crippen LogP contribution in [0.5, 0.6) is 0 Å². The summed E-state index contributed by atoms with van der Waals surface area (Å²) in [6.45, 7) is 1.50. The van der Waals surface area contributed by atoms with Gasteiger partial charge in [-0.25, -0.2) is 0 Å². The zero-order chi connectivity index (χ0) is 13.7. The summed E-state index contributed by atoms with van der Waals surface area (Å²) < 4.78 is 1.08. The van der Waals surface area contributed by atoms with Crippen LogP contribution in [-0.4, -0.2) is 35.7 Å². The van der Waals surface area contributed by atoms with Crippen molar-refractivity contribution in [1.29, 1.82) is 0 Å². The van der Waals surface area contributed by atoms with Gasteiger partial charge in [0.2, 0.25) is 0 Å². The molecule has 3 nitrogen and oxygen atoms in total. The molecule has 1 fully saturated rings. The largest absolute Gasteiger partial charge is 0.395 e. The lowest BCUT2D eigenvalue weighted by Gasteiger charge is -2.35. The summed E-state index contributed by atoms with van der Waals surface area (Å²) >= 11 is 3.47. The van der Waals surface area contributed by atoms with Gasteiger partial charge in [-0.05, 0) is 30.5 Å². The van der Waals surface area contributed by atoms with Crippen LogP contribution in [0.15, 0.2) is 28.7 Å². The Hall–Kier alpha value is -0.420. The number of aliphatic hydroxyl groups excluding tert-OH is 1. The molecule has 1 aliphatic rings. The Labute approximate surface area is 123 Å². The van der Waals surface area contributed by atoms with Gasteiger partial charge < -0.3 is 10.8 Å². The highest BCUT2D eigenvalue weighted by Crippen LogP contribution is 2.30. The van der Waals surface area contributed by atoms with Gasteiger partial charge in [-0.15, -0.1) is 0 Å². The molecule has 1 aliphatic carbocycles. The summed E-state index contributed by atoms with van der Waals surface area (Å²) in [5.41, 5.74) is 7.25. The lowest BCUT2D eigenvalue weighted by Crippen LogP contribution is -2.41. The van der Waals surface area contributed by atoms with E-state index in [9.17, 15) is 5.11 Å². The summed E-state index contributed by atoms with van der Waals surface area (Å²) in [5, 5.41) is 9.34. The second-order valence-corrected chi connectivity index (χ2v) is 6.12. The lowest BCUT2D eigenvalue weighted by atomic mass is 10.0. The summed E-state index contributed by atoms with van der Waals surface area (Å²) in [6.07, 6.45) is 5.05. The molecular formula is C15H23BrN2O. The van der Waals surface area contributed by atoms with Crippen LogP contribution < -0.4 is 5.73 Å². The molecule has 19 heavy (non-hydrogen) atoms. The molecule has 0 spiro atoms. The molecule has 1 saturated carbocycles. The highest BCUT2D eigenvalue weighted by atomic mass is 79.9. The standard InChI is InChI=1S/C15H23BrN2O/c16-13-7-5-12(6-8-13)15(11-17)18(9-10-19)14-3-1-2-4-14/h5-8,14-15,19H,1-4,9-11,17H2. The maximum Gasteiger partial charge on any atom is 0.0558 e. The van der Waals surface area contributed by atoms with Gasteiger partial charge in [0, 0.05) is 29.6 Å². The van der Waals surface area contributed by atoms with Crippen LogP contribution in [0.25, 0.3) is 0 Å². The zero-order valence-corrected chi connectivity index (χ0v) is 12.8. The Bertz CT molecular complexity index is 376. The van der Waals surface area contributed by atoms with Crippen LogP contribution in [-0.2, 0) is 0 Å². The minimum absolute atomic E-state index is 0.198. The number of nitrogens with two attached hydrogens (primary N) is 1. The predicted molar refractivity (Wildman–Crippen MR) is 82.0 cm³/mol. The topological polar surface area (TPSA) is 49.5 Å². The summed E-state index contributed by atoms with van der Waals surface area (Å²) in [6, 6.07) is 9.16. The molecule has 0 radical (unpaired) electrons. The van der Waals surface area contributed by atoms with Crippen molar-refractivity contribution >= 4 is 15.9 Å². The highest BCUT2D eigenvalue weighted by molar-refractivity contribution is 9.10.